The number of nitrogens with zero attached hydrogens (tertiary/aromatic N) is 4. The largest absolute Gasteiger partial charge is 0.494 e. The number of aryl methyl sites for hydroxylation is 1. The first-order valence-corrected chi connectivity index (χ1v) is 10.3. The first-order chi connectivity index (χ1) is 15.8. The fourth-order valence-corrected chi connectivity index (χ4v) is 3.56. The van der Waals surface area contributed by atoms with Crippen LogP contribution in [0, 0.1) is 18.6 Å². The predicted molar refractivity (Wildman–Crippen MR) is 119 cm³/mol. The van der Waals surface area contributed by atoms with Crippen molar-refractivity contribution in [2.75, 3.05) is 7.11 Å². The molecular weight excluding hydrogens is 454 g/mol. The van der Waals surface area contributed by atoms with Gasteiger partial charge in [-0.25, -0.2) is 18.4 Å². The van der Waals surface area contributed by atoms with Gasteiger partial charge in [-0.2, -0.15) is 5.10 Å². The van der Waals surface area contributed by atoms with Crippen LogP contribution in [0.15, 0.2) is 59.8 Å². The Morgan fingerprint density at radius 1 is 1.09 bits per heavy atom. The molecule has 170 valence electrons. The lowest BCUT2D eigenvalue weighted by Crippen LogP contribution is -2.28. The Kier molecular flexibility index (Phi) is 6.15. The normalized spacial score (nSPS) is 11.9. The Labute approximate surface area is 192 Å². The minimum atomic E-state index is -0.861. The topological polar surface area (TPSA) is 71.2 Å². The molecule has 7 nitrogen and oxygen atoms in total. The first-order valence-electron chi connectivity index (χ1n) is 9.88. The Hall–Kier alpha value is -3.72. The second-order valence-electron chi connectivity index (χ2n) is 7.28. The maximum atomic E-state index is 14.3. The highest BCUT2D eigenvalue weighted by molar-refractivity contribution is 6.29. The van der Waals surface area contributed by atoms with Crippen molar-refractivity contribution in [2.45, 2.75) is 19.9 Å². The molecule has 0 aliphatic heterocycles. The van der Waals surface area contributed by atoms with Crippen LogP contribution in [0.4, 0.5) is 8.78 Å². The fraction of sp³-hybridized carbons (Fsp3) is 0.174. The van der Waals surface area contributed by atoms with Crippen molar-refractivity contribution in [3.05, 3.63) is 93.4 Å². The molecule has 0 aliphatic carbocycles. The van der Waals surface area contributed by atoms with Crippen LogP contribution in [-0.4, -0.2) is 26.4 Å². The van der Waals surface area contributed by atoms with Gasteiger partial charge >= 0.3 is 5.56 Å². The Balaban J connectivity index is 1.69. The molecule has 2 heterocycles. The number of halogens is 3. The van der Waals surface area contributed by atoms with Crippen LogP contribution in [0.25, 0.3) is 5.69 Å². The number of hydrogen-bond acceptors (Lipinski definition) is 5. The molecular formula is C23H19ClF2N4O3. The molecule has 33 heavy (non-hydrogen) atoms. The number of rotatable bonds is 6. The van der Waals surface area contributed by atoms with E-state index < -0.39 is 23.2 Å². The lowest BCUT2D eigenvalue weighted by atomic mass is 10.1. The lowest BCUT2D eigenvalue weighted by Gasteiger charge is -2.17. The Morgan fingerprint density at radius 3 is 2.55 bits per heavy atom. The van der Waals surface area contributed by atoms with Crippen LogP contribution < -0.4 is 15.0 Å². The van der Waals surface area contributed by atoms with Crippen LogP contribution in [0.3, 0.4) is 0 Å². The average Bonchev–Trinajstić information content (AvgIpc) is 3.21. The van der Waals surface area contributed by atoms with E-state index in [9.17, 15) is 13.6 Å². The van der Waals surface area contributed by atoms with E-state index in [1.54, 1.807) is 36.0 Å². The highest BCUT2D eigenvalue weighted by Crippen LogP contribution is 2.31. The Bertz CT molecular complexity index is 1390. The van der Waals surface area contributed by atoms with Crippen molar-refractivity contribution in [1.82, 2.24) is 19.3 Å². The van der Waals surface area contributed by atoms with Crippen LogP contribution >= 0.6 is 11.6 Å². The van der Waals surface area contributed by atoms with Gasteiger partial charge in [0.05, 0.1) is 30.9 Å². The van der Waals surface area contributed by atoms with Gasteiger partial charge in [0.2, 0.25) is 0 Å². The van der Waals surface area contributed by atoms with Crippen LogP contribution in [-0.2, 0) is 0 Å². The third kappa shape index (κ3) is 4.58. The van der Waals surface area contributed by atoms with E-state index in [-0.39, 0.29) is 16.5 Å². The molecule has 0 spiro atoms. The average molecular weight is 473 g/mol. The summed E-state index contributed by atoms with van der Waals surface area (Å²) < 4.78 is 41.6. The van der Waals surface area contributed by atoms with Crippen molar-refractivity contribution in [3.63, 3.8) is 0 Å². The van der Waals surface area contributed by atoms with E-state index in [2.05, 4.69) is 10.1 Å². The zero-order chi connectivity index (χ0) is 23.7. The molecule has 4 rings (SSSR count). The number of ether oxygens (including phenoxy) is 2. The second-order valence-corrected chi connectivity index (χ2v) is 7.67. The molecule has 0 N–H and O–H groups in total. The summed E-state index contributed by atoms with van der Waals surface area (Å²) in [4.78, 5) is 17.2. The van der Waals surface area contributed by atoms with Gasteiger partial charge in [-0.1, -0.05) is 17.7 Å². The Morgan fingerprint density at radius 2 is 1.88 bits per heavy atom. The summed E-state index contributed by atoms with van der Waals surface area (Å²) in [6.45, 7) is 3.42. The van der Waals surface area contributed by atoms with E-state index in [0.717, 1.165) is 28.2 Å². The van der Waals surface area contributed by atoms with E-state index in [1.807, 2.05) is 13.1 Å². The minimum absolute atomic E-state index is 0.0311. The van der Waals surface area contributed by atoms with E-state index >= 15 is 0 Å². The number of methoxy groups -OCH3 is 1. The van der Waals surface area contributed by atoms with Crippen LogP contribution in [0.2, 0.25) is 5.15 Å². The van der Waals surface area contributed by atoms with Gasteiger partial charge in [-0.3, -0.25) is 4.79 Å². The van der Waals surface area contributed by atoms with Gasteiger partial charge in [0.1, 0.15) is 23.1 Å². The summed E-state index contributed by atoms with van der Waals surface area (Å²) in [7, 11) is 1.52. The molecule has 0 bridgehead atoms. The number of imidazole rings is 1. The van der Waals surface area contributed by atoms with Gasteiger partial charge in [0.25, 0.3) is 0 Å². The molecule has 4 aromatic rings. The summed E-state index contributed by atoms with van der Waals surface area (Å²) in [6.07, 6.45) is 3.50. The van der Waals surface area contributed by atoms with E-state index in [0.29, 0.717) is 11.5 Å². The maximum Gasteiger partial charge on any atom is 0.310 e. The van der Waals surface area contributed by atoms with Crippen LogP contribution in [0.1, 0.15) is 24.2 Å². The molecule has 0 unspecified atom stereocenters. The standard InChI is InChI=1S/C23H19ClF2N4O3/c1-13-11-29(12-27-13)19-7-5-16(9-20(19)32-3)33-21-10-22(24)28-30(23(21)31)14(2)17-6-4-15(25)8-18(17)26/h4-12,14H,1-3H3/t14-/m0/s1. The van der Waals surface area contributed by atoms with Gasteiger partial charge in [-0.05, 0) is 32.0 Å². The molecule has 0 amide bonds. The number of benzene rings is 2. The zero-order valence-electron chi connectivity index (χ0n) is 17.9. The van der Waals surface area contributed by atoms with Crippen molar-refractivity contribution in [3.8, 4) is 22.9 Å². The van der Waals surface area contributed by atoms with E-state index in [4.69, 9.17) is 21.1 Å². The molecule has 0 saturated carbocycles. The third-order valence-electron chi connectivity index (χ3n) is 5.02. The molecule has 1 atom stereocenters. The second kappa shape index (κ2) is 9.03. The van der Waals surface area contributed by atoms with Gasteiger partial charge in [-0.15, -0.1) is 0 Å². The maximum absolute atomic E-state index is 14.3. The molecule has 0 aliphatic rings. The molecule has 2 aromatic carbocycles. The molecule has 0 radical (unpaired) electrons. The van der Waals surface area contributed by atoms with Crippen LogP contribution in [0.5, 0.6) is 17.2 Å². The molecule has 2 aromatic heterocycles. The molecule has 10 heteroatoms. The van der Waals surface area contributed by atoms with Crippen molar-refractivity contribution < 1.29 is 18.3 Å². The quantitative estimate of drug-likeness (QED) is 0.391. The summed E-state index contributed by atoms with van der Waals surface area (Å²) in [5.41, 5.74) is 1.02. The zero-order valence-corrected chi connectivity index (χ0v) is 18.7. The first kappa shape index (κ1) is 22.5. The smallest absolute Gasteiger partial charge is 0.310 e. The van der Waals surface area contributed by atoms with Crippen molar-refractivity contribution >= 4 is 11.6 Å². The highest BCUT2D eigenvalue weighted by Gasteiger charge is 2.20. The monoisotopic (exact) mass is 472 g/mol. The van der Waals surface area contributed by atoms with Gasteiger partial charge < -0.3 is 14.0 Å². The predicted octanol–water partition coefficient (Wildman–Crippen LogP) is 5.08. The minimum Gasteiger partial charge on any atom is -0.494 e. The van der Waals surface area contributed by atoms with E-state index in [1.165, 1.54) is 19.2 Å². The van der Waals surface area contributed by atoms with Crippen molar-refractivity contribution in [1.29, 1.82) is 0 Å². The van der Waals surface area contributed by atoms with Crippen molar-refractivity contribution in [2.24, 2.45) is 0 Å². The SMILES string of the molecule is COc1cc(Oc2cc(Cl)nn([C@@H](C)c3ccc(F)cc3F)c2=O)ccc1-n1cnc(C)c1. The summed E-state index contributed by atoms with van der Waals surface area (Å²) in [5.74, 6) is -0.820. The third-order valence-corrected chi connectivity index (χ3v) is 5.21. The summed E-state index contributed by atoms with van der Waals surface area (Å²) in [5, 5.41) is 3.97. The highest BCUT2D eigenvalue weighted by atomic mass is 35.5. The molecule has 0 saturated heterocycles. The number of aromatic nitrogens is 4. The summed E-state index contributed by atoms with van der Waals surface area (Å²) in [6, 6.07) is 8.56. The molecule has 0 fully saturated rings. The van der Waals surface area contributed by atoms with Gasteiger partial charge in [0, 0.05) is 30.0 Å². The summed E-state index contributed by atoms with van der Waals surface area (Å²) >= 11 is 6.11. The lowest BCUT2D eigenvalue weighted by molar-refractivity contribution is 0.404. The van der Waals surface area contributed by atoms with Gasteiger partial charge in [0.15, 0.2) is 10.9 Å². The number of hydrogen-bond donors (Lipinski definition) is 0. The fourth-order valence-electron chi connectivity index (χ4n) is 3.38.